The molecule has 0 fully saturated rings. The van der Waals surface area contributed by atoms with E-state index in [-0.39, 0.29) is 5.91 Å². The molecule has 0 aliphatic heterocycles. The van der Waals surface area contributed by atoms with E-state index in [1.807, 2.05) is 24.3 Å². The molecule has 0 radical (unpaired) electrons. The number of thiophene rings is 1. The molecule has 3 rings (SSSR count). The Morgan fingerprint density at radius 1 is 1.33 bits per heavy atom. The predicted molar refractivity (Wildman–Crippen MR) is 96.5 cm³/mol. The number of fused-ring (bicyclic) bond motifs is 1. The fraction of sp³-hybridized carbons (Fsp3) is 0.0667. The van der Waals surface area contributed by atoms with Gasteiger partial charge in [-0.15, -0.1) is 11.3 Å². The molecule has 1 aromatic carbocycles. The van der Waals surface area contributed by atoms with Crippen LogP contribution in [0.5, 0.6) is 0 Å². The number of nitrogens with zero attached hydrogens (tertiary/aromatic N) is 1. The van der Waals surface area contributed by atoms with Gasteiger partial charge in [-0.2, -0.15) is 0 Å². The number of halogens is 1. The number of hydrogen-bond acceptors (Lipinski definition) is 4. The molecule has 21 heavy (non-hydrogen) atoms. The summed E-state index contributed by atoms with van der Waals surface area (Å²) >= 11 is 3.94. The van der Waals surface area contributed by atoms with Gasteiger partial charge in [-0.05, 0) is 45.7 Å². The largest absolute Gasteiger partial charge is 0.383 e. The van der Waals surface area contributed by atoms with Gasteiger partial charge in [-0.25, -0.2) is 4.98 Å². The Balaban J connectivity index is 2.08. The summed E-state index contributed by atoms with van der Waals surface area (Å²) in [5, 5.41) is 5.86. The number of nitrogen functional groups attached to an aromatic ring is 1. The Kier molecular flexibility index (Phi) is 3.81. The number of pyridine rings is 1. The molecule has 0 unspecified atom stereocenters. The number of nitrogens with two attached hydrogens (primary N) is 1. The van der Waals surface area contributed by atoms with E-state index in [1.54, 1.807) is 17.5 Å². The van der Waals surface area contributed by atoms with Crippen molar-refractivity contribution in [1.82, 2.24) is 4.98 Å². The Morgan fingerprint density at radius 3 is 2.71 bits per heavy atom. The van der Waals surface area contributed by atoms with Crippen molar-refractivity contribution < 1.29 is 4.79 Å². The van der Waals surface area contributed by atoms with Crippen LogP contribution in [0.2, 0.25) is 0 Å². The molecular formula is C15H12IN3OS. The zero-order chi connectivity index (χ0) is 15.0. The zero-order valence-electron chi connectivity index (χ0n) is 11.2. The molecule has 2 aromatic heterocycles. The highest BCUT2D eigenvalue weighted by molar-refractivity contribution is 14.1. The number of hydrogen-bond donors (Lipinski definition) is 2. The maximum Gasteiger partial charge on any atom is 0.221 e. The van der Waals surface area contributed by atoms with Crippen LogP contribution in [0.1, 0.15) is 6.92 Å². The van der Waals surface area contributed by atoms with Gasteiger partial charge in [0.25, 0.3) is 0 Å². The number of rotatable bonds is 2. The first kappa shape index (κ1) is 14.3. The fourth-order valence-electron chi connectivity index (χ4n) is 2.19. The van der Waals surface area contributed by atoms with Gasteiger partial charge < -0.3 is 11.1 Å². The van der Waals surface area contributed by atoms with E-state index in [9.17, 15) is 4.79 Å². The maximum atomic E-state index is 11.0. The van der Waals surface area contributed by atoms with Gasteiger partial charge in [0, 0.05) is 33.3 Å². The molecule has 6 heteroatoms. The van der Waals surface area contributed by atoms with Crippen LogP contribution in [0.4, 0.5) is 11.5 Å². The SMILES string of the molecule is CC(=O)Nc1ccc(-c2csc3c(I)cnc(N)c23)cc1. The van der Waals surface area contributed by atoms with Crippen LogP contribution >= 0.6 is 33.9 Å². The lowest BCUT2D eigenvalue weighted by Gasteiger charge is -2.05. The summed E-state index contributed by atoms with van der Waals surface area (Å²) in [6.45, 7) is 1.49. The van der Waals surface area contributed by atoms with Gasteiger partial charge in [-0.3, -0.25) is 4.79 Å². The summed E-state index contributed by atoms with van der Waals surface area (Å²) in [5.41, 5.74) is 8.96. The van der Waals surface area contributed by atoms with Crippen LogP contribution < -0.4 is 11.1 Å². The van der Waals surface area contributed by atoms with Gasteiger partial charge in [0.1, 0.15) is 5.82 Å². The average Bonchev–Trinajstić information content (AvgIpc) is 2.89. The predicted octanol–water partition coefficient (Wildman–Crippen LogP) is 4.11. The number of amides is 1. The number of nitrogens with one attached hydrogen (secondary N) is 1. The Bertz CT molecular complexity index is 827. The van der Waals surface area contributed by atoms with Gasteiger partial charge >= 0.3 is 0 Å². The molecule has 0 aliphatic rings. The van der Waals surface area contributed by atoms with Crippen molar-refractivity contribution >= 4 is 61.4 Å². The smallest absolute Gasteiger partial charge is 0.221 e. The molecule has 0 atom stereocenters. The second-order valence-corrected chi connectivity index (χ2v) is 6.65. The van der Waals surface area contributed by atoms with E-state index in [4.69, 9.17) is 5.73 Å². The second kappa shape index (κ2) is 5.61. The van der Waals surface area contributed by atoms with Crippen LogP contribution in [-0.2, 0) is 4.79 Å². The van der Waals surface area contributed by atoms with E-state index < -0.39 is 0 Å². The summed E-state index contributed by atoms with van der Waals surface area (Å²) in [7, 11) is 0. The van der Waals surface area contributed by atoms with E-state index in [0.29, 0.717) is 5.82 Å². The molecule has 0 spiro atoms. The van der Waals surface area contributed by atoms with E-state index in [1.165, 1.54) is 6.92 Å². The van der Waals surface area contributed by atoms with E-state index in [2.05, 4.69) is 38.3 Å². The number of anilines is 2. The third-order valence-corrected chi connectivity index (χ3v) is 5.29. The lowest BCUT2D eigenvalue weighted by molar-refractivity contribution is -0.114. The van der Waals surface area contributed by atoms with Crippen LogP contribution in [0.25, 0.3) is 21.2 Å². The molecule has 4 nitrogen and oxygen atoms in total. The monoisotopic (exact) mass is 409 g/mol. The lowest BCUT2D eigenvalue weighted by atomic mass is 10.0. The molecule has 3 N–H and O–H groups in total. The van der Waals surface area contributed by atoms with E-state index >= 15 is 0 Å². The second-order valence-electron chi connectivity index (χ2n) is 4.60. The summed E-state index contributed by atoms with van der Waals surface area (Å²) < 4.78 is 2.26. The van der Waals surface area contributed by atoms with Crippen molar-refractivity contribution in [2.24, 2.45) is 0 Å². The van der Waals surface area contributed by atoms with Gasteiger partial charge in [0.05, 0.1) is 4.70 Å². The van der Waals surface area contributed by atoms with Crippen LogP contribution in [-0.4, -0.2) is 10.9 Å². The van der Waals surface area contributed by atoms with Gasteiger partial charge in [0.2, 0.25) is 5.91 Å². The molecule has 106 valence electrons. The lowest BCUT2D eigenvalue weighted by Crippen LogP contribution is -2.05. The van der Waals surface area contributed by atoms with Crippen molar-refractivity contribution in [1.29, 1.82) is 0 Å². The highest BCUT2D eigenvalue weighted by Gasteiger charge is 2.12. The minimum Gasteiger partial charge on any atom is -0.383 e. The standard InChI is InChI=1S/C15H12IN3OS/c1-8(20)19-10-4-2-9(3-5-10)11-7-21-14-12(16)6-18-15(17)13(11)14/h2-7H,1H3,(H2,17,18)(H,19,20). The minimum atomic E-state index is -0.0771. The first-order chi connectivity index (χ1) is 10.1. The van der Waals surface area contributed by atoms with Gasteiger partial charge in [0.15, 0.2) is 0 Å². The third kappa shape index (κ3) is 2.73. The molecule has 2 heterocycles. The summed E-state index contributed by atoms with van der Waals surface area (Å²) in [6, 6.07) is 7.73. The molecular weight excluding hydrogens is 397 g/mol. The average molecular weight is 409 g/mol. The van der Waals surface area contributed by atoms with Crippen LogP contribution in [0.3, 0.4) is 0 Å². The molecule has 0 bridgehead atoms. The summed E-state index contributed by atoms with van der Waals surface area (Å²) in [5.74, 6) is 0.472. The summed E-state index contributed by atoms with van der Waals surface area (Å²) in [6.07, 6.45) is 1.79. The fourth-order valence-corrected chi connectivity index (χ4v) is 3.96. The highest BCUT2D eigenvalue weighted by atomic mass is 127. The third-order valence-electron chi connectivity index (χ3n) is 3.10. The number of aromatic nitrogens is 1. The Morgan fingerprint density at radius 2 is 2.05 bits per heavy atom. The van der Waals surface area contributed by atoms with Crippen molar-refractivity contribution in [3.05, 3.63) is 39.4 Å². The Labute approximate surface area is 139 Å². The first-order valence-electron chi connectivity index (χ1n) is 6.25. The molecule has 0 aliphatic carbocycles. The summed E-state index contributed by atoms with van der Waals surface area (Å²) in [4.78, 5) is 15.3. The van der Waals surface area contributed by atoms with Crippen molar-refractivity contribution in [2.45, 2.75) is 6.92 Å². The molecule has 0 saturated heterocycles. The molecule has 1 amide bonds. The maximum absolute atomic E-state index is 11.0. The topological polar surface area (TPSA) is 68.0 Å². The minimum absolute atomic E-state index is 0.0771. The number of benzene rings is 1. The van der Waals surface area contributed by atoms with Crippen LogP contribution in [0.15, 0.2) is 35.8 Å². The number of carbonyl (C=O) groups excluding carboxylic acids is 1. The van der Waals surface area contributed by atoms with Gasteiger partial charge in [-0.1, -0.05) is 12.1 Å². The molecule has 3 aromatic rings. The zero-order valence-corrected chi connectivity index (χ0v) is 14.2. The Hall–Kier alpha value is -1.67. The van der Waals surface area contributed by atoms with Crippen LogP contribution in [0, 0.1) is 3.57 Å². The first-order valence-corrected chi connectivity index (χ1v) is 8.21. The van der Waals surface area contributed by atoms with Crippen molar-refractivity contribution in [3.8, 4) is 11.1 Å². The van der Waals surface area contributed by atoms with Crippen molar-refractivity contribution in [3.63, 3.8) is 0 Å². The number of carbonyl (C=O) groups is 1. The van der Waals surface area contributed by atoms with Crippen molar-refractivity contribution in [2.75, 3.05) is 11.1 Å². The normalized spacial score (nSPS) is 10.8. The quantitative estimate of drug-likeness (QED) is 0.626. The molecule has 0 saturated carbocycles. The highest BCUT2D eigenvalue weighted by Crippen LogP contribution is 2.38. The van der Waals surface area contributed by atoms with E-state index in [0.717, 1.165) is 30.5 Å².